The zero-order valence-corrected chi connectivity index (χ0v) is 16.0. The maximum Gasteiger partial charge on any atom is 0.340 e. The number of para-hydroxylation sites is 1. The average Bonchev–Trinajstić information content (AvgIpc) is 2.66. The van der Waals surface area contributed by atoms with E-state index in [9.17, 15) is 17.6 Å². The van der Waals surface area contributed by atoms with Crippen molar-refractivity contribution in [1.29, 1.82) is 0 Å². The van der Waals surface area contributed by atoms with Gasteiger partial charge in [-0.15, -0.1) is 0 Å². The Morgan fingerprint density at radius 1 is 1.00 bits per heavy atom. The fourth-order valence-corrected chi connectivity index (χ4v) is 3.90. The van der Waals surface area contributed by atoms with Crippen LogP contribution < -0.4 is 9.50 Å². The Morgan fingerprint density at radius 3 is 2.39 bits per heavy atom. The minimum Gasteiger partial charge on any atom is -0.378 e. The zero-order chi connectivity index (χ0) is 20.1. The molecule has 0 aromatic heterocycles. The normalized spacial score (nSPS) is 11.1. The minimum absolute atomic E-state index is 0.0419. The summed E-state index contributed by atoms with van der Waals surface area (Å²) in [5.41, 5.74) is 0.931. The van der Waals surface area contributed by atoms with Gasteiger partial charge in [0, 0.05) is 6.54 Å². The Hall–Kier alpha value is -2.90. The summed E-state index contributed by atoms with van der Waals surface area (Å²) in [4.78, 5) is 12.1. The van der Waals surface area contributed by atoms with Crippen molar-refractivity contribution in [3.05, 3.63) is 94.8 Å². The summed E-state index contributed by atoms with van der Waals surface area (Å²) in [5.74, 6) is -1.34. The summed E-state index contributed by atoms with van der Waals surface area (Å²) in [6.07, 6.45) is 0. The summed E-state index contributed by atoms with van der Waals surface area (Å²) in [6, 6.07) is 18.0. The smallest absolute Gasteiger partial charge is 0.340 e. The van der Waals surface area contributed by atoms with Gasteiger partial charge in [-0.05, 0) is 35.9 Å². The van der Waals surface area contributed by atoms with E-state index in [0.717, 1.165) is 23.8 Å². The molecule has 1 N–H and O–H groups in total. The highest BCUT2D eigenvalue weighted by Crippen LogP contribution is 2.27. The molecule has 0 aliphatic heterocycles. The zero-order valence-electron chi connectivity index (χ0n) is 14.4. The molecule has 3 aromatic rings. The van der Waals surface area contributed by atoms with Crippen molar-refractivity contribution >= 4 is 27.6 Å². The monoisotopic (exact) mass is 419 g/mol. The third-order valence-electron chi connectivity index (χ3n) is 3.79. The van der Waals surface area contributed by atoms with Gasteiger partial charge >= 0.3 is 10.1 Å². The minimum atomic E-state index is -4.36. The van der Waals surface area contributed by atoms with Crippen LogP contribution in [0.3, 0.4) is 0 Å². The van der Waals surface area contributed by atoms with E-state index < -0.39 is 26.7 Å². The molecule has 0 fully saturated rings. The van der Waals surface area contributed by atoms with Crippen molar-refractivity contribution in [2.24, 2.45) is 0 Å². The molecule has 0 radical (unpaired) electrons. The topological polar surface area (TPSA) is 72.5 Å². The highest BCUT2D eigenvalue weighted by Gasteiger charge is 2.23. The molecule has 0 bridgehead atoms. The molecule has 0 aliphatic rings. The summed E-state index contributed by atoms with van der Waals surface area (Å²) < 4.78 is 43.4. The lowest BCUT2D eigenvalue weighted by Gasteiger charge is -2.12. The van der Waals surface area contributed by atoms with Gasteiger partial charge in [0.25, 0.3) is 5.91 Å². The molecule has 0 saturated heterocycles. The lowest BCUT2D eigenvalue weighted by Crippen LogP contribution is -2.24. The molecule has 144 valence electrons. The molecule has 0 spiro atoms. The first kappa shape index (κ1) is 19.9. The molecule has 3 rings (SSSR count). The number of rotatable bonds is 6. The van der Waals surface area contributed by atoms with Crippen LogP contribution in [0.25, 0.3) is 0 Å². The van der Waals surface area contributed by atoms with Crippen LogP contribution in [0.2, 0.25) is 5.02 Å². The third kappa shape index (κ3) is 4.68. The lowest BCUT2D eigenvalue weighted by molar-refractivity contribution is 0.0949. The van der Waals surface area contributed by atoms with Crippen molar-refractivity contribution in [3.8, 4) is 5.75 Å². The SMILES string of the molecule is O=C(NCc1ccccc1)c1ccccc1OS(=O)(=O)c1ccc(F)cc1Cl. The quantitative estimate of drug-likeness (QED) is 0.608. The van der Waals surface area contributed by atoms with Gasteiger partial charge in [0.2, 0.25) is 0 Å². The Kier molecular flexibility index (Phi) is 5.96. The van der Waals surface area contributed by atoms with Gasteiger partial charge in [-0.1, -0.05) is 54.1 Å². The number of carbonyl (C=O) groups is 1. The van der Waals surface area contributed by atoms with E-state index in [1.807, 2.05) is 30.3 Å². The first-order valence-corrected chi connectivity index (χ1v) is 9.96. The van der Waals surface area contributed by atoms with Crippen LogP contribution in [0.4, 0.5) is 4.39 Å². The van der Waals surface area contributed by atoms with Crippen LogP contribution in [0.15, 0.2) is 77.7 Å². The molecule has 3 aromatic carbocycles. The molecule has 1 amide bonds. The van der Waals surface area contributed by atoms with Crippen LogP contribution in [0.1, 0.15) is 15.9 Å². The Morgan fingerprint density at radius 2 is 1.68 bits per heavy atom. The van der Waals surface area contributed by atoms with Gasteiger partial charge < -0.3 is 9.50 Å². The predicted octanol–water partition coefficient (Wildman–Crippen LogP) is 4.18. The molecular formula is C20H15ClFNO4S. The molecule has 5 nitrogen and oxygen atoms in total. The maximum atomic E-state index is 13.2. The largest absolute Gasteiger partial charge is 0.378 e. The second kappa shape index (κ2) is 8.41. The van der Waals surface area contributed by atoms with Crippen molar-refractivity contribution in [3.63, 3.8) is 0 Å². The molecular weight excluding hydrogens is 405 g/mol. The van der Waals surface area contributed by atoms with Crippen LogP contribution in [-0.2, 0) is 16.7 Å². The third-order valence-corrected chi connectivity index (χ3v) is 5.51. The van der Waals surface area contributed by atoms with E-state index >= 15 is 0 Å². The second-order valence-corrected chi connectivity index (χ2v) is 7.70. The Bertz CT molecular complexity index is 1100. The van der Waals surface area contributed by atoms with Gasteiger partial charge in [-0.25, -0.2) is 4.39 Å². The van der Waals surface area contributed by atoms with Crippen molar-refractivity contribution in [1.82, 2.24) is 5.32 Å². The average molecular weight is 420 g/mol. The van der Waals surface area contributed by atoms with E-state index in [1.165, 1.54) is 18.2 Å². The fraction of sp³-hybridized carbons (Fsp3) is 0.0500. The van der Waals surface area contributed by atoms with Crippen LogP contribution in [0, 0.1) is 5.82 Å². The second-order valence-electron chi connectivity index (χ2n) is 5.78. The van der Waals surface area contributed by atoms with Crippen molar-refractivity contribution in [2.45, 2.75) is 11.4 Å². The Balaban J connectivity index is 1.82. The first-order valence-electron chi connectivity index (χ1n) is 8.17. The van der Waals surface area contributed by atoms with Gasteiger partial charge in [0.05, 0.1) is 10.6 Å². The van der Waals surface area contributed by atoms with Gasteiger partial charge in [0.15, 0.2) is 5.75 Å². The Labute approximate surface area is 166 Å². The number of carbonyl (C=O) groups excluding carboxylic acids is 1. The number of amides is 1. The summed E-state index contributed by atoms with van der Waals surface area (Å²) >= 11 is 5.82. The standard InChI is InChI=1S/C20H15ClFNO4S/c21-17-12-15(22)10-11-19(17)28(25,26)27-18-9-5-4-8-16(18)20(24)23-13-14-6-2-1-3-7-14/h1-12H,13H2,(H,23,24). The van der Waals surface area contributed by atoms with Gasteiger partial charge in [-0.3, -0.25) is 4.79 Å². The van der Waals surface area contributed by atoms with E-state index in [1.54, 1.807) is 6.07 Å². The van der Waals surface area contributed by atoms with E-state index in [-0.39, 0.29) is 22.9 Å². The van der Waals surface area contributed by atoms with Gasteiger partial charge in [-0.2, -0.15) is 8.42 Å². The molecule has 0 unspecified atom stereocenters. The van der Waals surface area contributed by atoms with E-state index in [0.29, 0.717) is 0 Å². The summed E-state index contributed by atoms with van der Waals surface area (Å²) in [7, 11) is -4.36. The maximum absolute atomic E-state index is 13.2. The highest BCUT2D eigenvalue weighted by atomic mass is 35.5. The van der Waals surface area contributed by atoms with Crippen LogP contribution in [-0.4, -0.2) is 14.3 Å². The number of hydrogen-bond donors (Lipinski definition) is 1. The predicted molar refractivity (Wildman–Crippen MR) is 103 cm³/mol. The van der Waals surface area contributed by atoms with E-state index in [2.05, 4.69) is 5.32 Å². The van der Waals surface area contributed by atoms with Gasteiger partial charge in [0.1, 0.15) is 10.7 Å². The first-order chi connectivity index (χ1) is 13.4. The van der Waals surface area contributed by atoms with Crippen molar-refractivity contribution < 1.29 is 21.8 Å². The van der Waals surface area contributed by atoms with E-state index in [4.69, 9.17) is 15.8 Å². The number of nitrogens with one attached hydrogen (secondary N) is 1. The molecule has 28 heavy (non-hydrogen) atoms. The molecule has 0 saturated carbocycles. The molecule has 0 aliphatic carbocycles. The molecule has 0 atom stereocenters. The van der Waals surface area contributed by atoms with Crippen LogP contribution in [0.5, 0.6) is 5.75 Å². The highest BCUT2D eigenvalue weighted by molar-refractivity contribution is 7.87. The molecule has 8 heteroatoms. The molecule has 0 heterocycles. The summed E-state index contributed by atoms with van der Waals surface area (Å²) in [5, 5.41) is 2.40. The van der Waals surface area contributed by atoms with Crippen molar-refractivity contribution in [2.75, 3.05) is 0 Å². The lowest BCUT2D eigenvalue weighted by atomic mass is 10.1. The number of benzene rings is 3. The van der Waals surface area contributed by atoms with Crippen LogP contribution >= 0.6 is 11.6 Å². The number of hydrogen-bond acceptors (Lipinski definition) is 4. The fourth-order valence-electron chi connectivity index (χ4n) is 2.44. The number of halogens is 2. The summed E-state index contributed by atoms with van der Waals surface area (Å²) in [6.45, 7) is 0.268.